The fraction of sp³-hybridized carbons (Fsp3) is 0.615. The molecule has 0 aliphatic rings. The molecular formula is C13H21NO5S. The van der Waals surface area contributed by atoms with Crippen LogP contribution in [0.2, 0.25) is 0 Å². The van der Waals surface area contributed by atoms with Gasteiger partial charge in [-0.25, -0.2) is 17.9 Å². The van der Waals surface area contributed by atoms with Crippen LogP contribution in [0.15, 0.2) is 9.31 Å². The quantitative estimate of drug-likeness (QED) is 0.840. The molecule has 2 atom stereocenters. The van der Waals surface area contributed by atoms with E-state index in [-0.39, 0.29) is 33.9 Å². The first-order valence-corrected chi connectivity index (χ1v) is 7.95. The number of rotatable bonds is 6. The summed E-state index contributed by atoms with van der Waals surface area (Å²) in [5.74, 6) is -0.988. The Labute approximate surface area is 119 Å². The lowest BCUT2D eigenvalue weighted by Gasteiger charge is -2.19. The average molecular weight is 303 g/mol. The van der Waals surface area contributed by atoms with Gasteiger partial charge in [-0.2, -0.15) is 0 Å². The van der Waals surface area contributed by atoms with Crippen LogP contribution in [0.4, 0.5) is 0 Å². The Bertz CT molecular complexity index is 603. The minimum absolute atomic E-state index is 0.0868. The van der Waals surface area contributed by atoms with E-state index in [1.54, 1.807) is 6.92 Å². The smallest absolute Gasteiger partial charge is 0.340 e. The Morgan fingerprint density at radius 1 is 1.30 bits per heavy atom. The Balaban J connectivity index is 3.26. The van der Waals surface area contributed by atoms with Crippen molar-refractivity contribution in [3.63, 3.8) is 0 Å². The third-order valence-electron chi connectivity index (χ3n) is 3.53. The second-order valence-electron chi connectivity index (χ2n) is 5.02. The summed E-state index contributed by atoms with van der Waals surface area (Å²) in [6.45, 7) is 8.54. The monoisotopic (exact) mass is 303 g/mol. The molecule has 1 heterocycles. The molecule has 114 valence electrons. The van der Waals surface area contributed by atoms with Gasteiger partial charge in [-0.1, -0.05) is 20.3 Å². The highest BCUT2D eigenvalue weighted by Crippen LogP contribution is 2.27. The molecule has 0 bridgehead atoms. The van der Waals surface area contributed by atoms with Crippen molar-refractivity contribution >= 4 is 16.0 Å². The maximum absolute atomic E-state index is 12.4. The van der Waals surface area contributed by atoms with Crippen molar-refractivity contribution in [3.8, 4) is 0 Å². The second-order valence-corrected chi connectivity index (χ2v) is 6.67. The third kappa shape index (κ3) is 3.21. The number of hydrogen-bond donors (Lipinski definition) is 2. The van der Waals surface area contributed by atoms with Crippen LogP contribution in [0, 0.1) is 19.8 Å². The van der Waals surface area contributed by atoms with Gasteiger partial charge in [0, 0.05) is 6.04 Å². The highest BCUT2D eigenvalue weighted by atomic mass is 32.2. The number of carboxylic acid groups (broad SMARTS) is 1. The topological polar surface area (TPSA) is 96.6 Å². The van der Waals surface area contributed by atoms with Crippen molar-refractivity contribution in [2.45, 2.75) is 52.0 Å². The molecule has 1 aromatic rings. The molecule has 20 heavy (non-hydrogen) atoms. The van der Waals surface area contributed by atoms with Crippen LogP contribution in [0.1, 0.15) is 49.1 Å². The molecule has 2 unspecified atom stereocenters. The van der Waals surface area contributed by atoms with E-state index in [1.807, 2.05) is 13.8 Å². The zero-order chi connectivity index (χ0) is 15.7. The Morgan fingerprint density at radius 3 is 2.30 bits per heavy atom. The summed E-state index contributed by atoms with van der Waals surface area (Å²) in [6, 6.07) is -0.291. The minimum atomic E-state index is -3.92. The van der Waals surface area contributed by atoms with E-state index in [2.05, 4.69) is 4.72 Å². The van der Waals surface area contributed by atoms with Gasteiger partial charge in [-0.05, 0) is 26.7 Å². The van der Waals surface area contributed by atoms with Crippen molar-refractivity contribution in [1.29, 1.82) is 0 Å². The predicted octanol–water partition coefficient (Wildman–Crippen LogP) is 2.31. The van der Waals surface area contributed by atoms with Gasteiger partial charge in [0.2, 0.25) is 10.0 Å². The summed E-state index contributed by atoms with van der Waals surface area (Å²) in [7, 11) is -3.92. The molecule has 0 saturated carbocycles. The number of furan rings is 1. The number of hydrogen-bond acceptors (Lipinski definition) is 4. The van der Waals surface area contributed by atoms with E-state index in [4.69, 9.17) is 9.52 Å². The van der Waals surface area contributed by atoms with Crippen molar-refractivity contribution in [2.75, 3.05) is 0 Å². The summed E-state index contributed by atoms with van der Waals surface area (Å²) in [4.78, 5) is 10.9. The molecule has 0 saturated heterocycles. The van der Waals surface area contributed by atoms with Gasteiger partial charge >= 0.3 is 5.97 Å². The number of nitrogens with one attached hydrogen (secondary N) is 1. The maximum Gasteiger partial charge on any atom is 0.340 e. The lowest BCUT2D eigenvalue weighted by Crippen LogP contribution is -2.37. The molecule has 0 aliphatic heterocycles. The van der Waals surface area contributed by atoms with Crippen LogP contribution < -0.4 is 4.72 Å². The predicted molar refractivity (Wildman–Crippen MR) is 74.4 cm³/mol. The molecule has 0 aliphatic carbocycles. The first-order chi connectivity index (χ1) is 9.11. The number of carbonyl (C=O) groups is 1. The highest BCUT2D eigenvalue weighted by molar-refractivity contribution is 7.89. The first-order valence-electron chi connectivity index (χ1n) is 6.47. The molecule has 0 spiro atoms. The molecule has 2 N–H and O–H groups in total. The van der Waals surface area contributed by atoms with E-state index in [1.165, 1.54) is 13.8 Å². The summed E-state index contributed by atoms with van der Waals surface area (Å²) in [5, 5.41) is 9.16. The van der Waals surface area contributed by atoms with Gasteiger partial charge in [0.05, 0.1) is 0 Å². The van der Waals surface area contributed by atoms with Gasteiger partial charge in [0.15, 0.2) is 0 Å². The van der Waals surface area contributed by atoms with Gasteiger partial charge < -0.3 is 9.52 Å². The standard InChI is InChI=1S/C13H21NO5S/c1-6-7(2)8(3)14-20(17,18)12-10(5)19-9(4)11(12)13(15)16/h7-8,14H,6H2,1-5H3,(H,15,16). The lowest BCUT2D eigenvalue weighted by atomic mass is 10.0. The minimum Gasteiger partial charge on any atom is -0.478 e. The molecule has 0 radical (unpaired) electrons. The molecule has 7 heteroatoms. The van der Waals surface area contributed by atoms with Crippen LogP contribution in [-0.4, -0.2) is 25.5 Å². The molecule has 0 amide bonds. The Hall–Kier alpha value is -1.34. The molecule has 0 fully saturated rings. The summed E-state index contributed by atoms with van der Waals surface area (Å²) in [5.41, 5.74) is -0.300. The average Bonchev–Trinajstić information content (AvgIpc) is 2.63. The van der Waals surface area contributed by atoms with E-state index in [9.17, 15) is 13.2 Å². The van der Waals surface area contributed by atoms with Crippen molar-refractivity contribution < 1.29 is 22.7 Å². The maximum atomic E-state index is 12.4. The normalized spacial score (nSPS) is 15.1. The SMILES string of the molecule is CCC(C)C(C)NS(=O)(=O)c1c(C)oc(C)c1C(=O)O. The van der Waals surface area contributed by atoms with E-state index in [0.717, 1.165) is 6.42 Å². The van der Waals surface area contributed by atoms with Crippen molar-refractivity contribution in [2.24, 2.45) is 5.92 Å². The van der Waals surface area contributed by atoms with Crippen LogP contribution in [0.5, 0.6) is 0 Å². The van der Waals surface area contributed by atoms with Crippen LogP contribution in [0.3, 0.4) is 0 Å². The van der Waals surface area contributed by atoms with Gasteiger partial charge in [0.25, 0.3) is 0 Å². The van der Waals surface area contributed by atoms with Crippen LogP contribution >= 0.6 is 0 Å². The number of carboxylic acids is 1. The first kappa shape index (κ1) is 16.7. The van der Waals surface area contributed by atoms with Gasteiger partial charge in [-0.15, -0.1) is 0 Å². The number of sulfonamides is 1. The fourth-order valence-corrected chi connectivity index (χ4v) is 3.77. The van der Waals surface area contributed by atoms with Crippen molar-refractivity contribution in [3.05, 3.63) is 17.1 Å². The molecule has 6 nitrogen and oxygen atoms in total. The zero-order valence-corrected chi connectivity index (χ0v) is 13.2. The van der Waals surface area contributed by atoms with Crippen molar-refractivity contribution in [1.82, 2.24) is 4.72 Å². The van der Waals surface area contributed by atoms with Crippen LogP contribution in [0.25, 0.3) is 0 Å². The van der Waals surface area contributed by atoms with E-state index >= 15 is 0 Å². The fourth-order valence-electron chi connectivity index (χ4n) is 2.01. The Morgan fingerprint density at radius 2 is 1.85 bits per heavy atom. The van der Waals surface area contributed by atoms with Gasteiger partial charge in [0.1, 0.15) is 22.0 Å². The lowest BCUT2D eigenvalue weighted by molar-refractivity contribution is 0.0691. The van der Waals surface area contributed by atoms with Gasteiger partial charge in [-0.3, -0.25) is 0 Å². The summed E-state index contributed by atoms with van der Waals surface area (Å²) < 4.78 is 32.5. The van der Waals surface area contributed by atoms with E-state index in [0.29, 0.717) is 0 Å². The molecule has 1 rings (SSSR count). The number of aryl methyl sites for hydroxylation is 2. The summed E-state index contributed by atoms with van der Waals surface area (Å²) >= 11 is 0. The third-order valence-corrected chi connectivity index (χ3v) is 5.24. The molecule has 0 aromatic carbocycles. The second kappa shape index (κ2) is 5.97. The Kier molecular flexibility index (Phi) is 4.99. The van der Waals surface area contributed by atoms with Crippen LogP contribution in [-0.2, 0) is 10.0 Å². The zero-order valence-electron chi connectivity index (χ0n) is 12.4. The largest absolute Gasteiger partial charge is 0.478 e. The molecular weight excluding hydrogens is 282 g/mol. The van der Waals surface area contributed by atoms with E-state index < -0.39 is 16.0 Å². The number of aromatic carboxylic acids is 1. The highest BCUT2D eigenvalue weighted by Gasteiger charge is 2.32. The summed E-state index contributed by atoms with van der Waals surface area (Å²) in [6.07, 6.45) is 0.818. The molecule has 1 aromatic heterocycles.